The van der Waals surface area contributed by atoms with Gasteiger partial charge in [0, 0.05) is 16.4 Å². The van der Waals surface area contributed by atoms with Crippen molar-refractivity contribution >= 4 is 15.5 Å². The van der Waals surface area contributed by atoms with Crippen molar-refractivity contribution in [3.05, 3.63) is 12.2 Å². The molecule has 0 spiro atoms. The van der Waals surface area contributed by atoms with Crippen molar-refractivity contribution in [3.63, 3.8) is 0 Å². The Balaban J connectivity index is 3.30. The molecule has 0 atom stereocenters. The second kappa shape index (κ2) is 5.23. The van der Waals surface area contributed by atoms with Crippen molar-refractivity contribution in [1.29, 1.82) is 0 Å². The number of ether oxygens (including phenoxy) is 1. The molecule has 0 aromatic rings. The van der Waals surface area contributed by atoms with Crippen LogP contribution in [-0.2, 0) is 9.53 Å². The van der Waals surface area contributed by atoms with E-state index in [0.717, 1.165) is 11.6 Å². The topological polar surface area (TPSA) is 26.3 Å². The first-order valence-corrected chi connectivity index (χ1v) is 5.88. The van der Waals surface area contributed by atoms with Gasteiger partial charge in [0.2, 0.25) is 0 Å². The zero-order valence-corrected chi connectivity index (χ0v) is 8.06. The summed E-state index contributed by atoms with van der Waals surface area (Å²) in [6.45, 7) is 7.81. The Hall–Kier alpha value is -0.573. The van der Waals surface area contributed by atoms with E-state index in [1.807, 2.05) is 0 Å². The van der Waals surface area contributed by atoms with Crippen LogP contribution in [0, 0.1) is 0 Å². The van der Waals surface area contributed by atoms with Gasteiger partial charge in [-0.15, -0.1) is 0 Å². The average molecular weight is 158 g/mol. The van der Waals surface area contributed by atoms with E-state index in [9.17, 15) is 4.79 Å². The number of carbonyl (C=O) groups excluding carboxylic acids is 1. The monoisotopic (exact) mass is 158 g/mol. The van der Waals surface area contributed by atoms with Crippen LogP contribution in [0.2, 0.25) is 12.6 Å². The molecule has 0 aliphatic heterocycles. The highest BCUT2D eigenvalue weighted by atomic mass is 28.2. The molecule has 0 amide bonds. The average Bonchev–Trinajstić information content (AvgIpc) is 1.85. The summed E-state index contributed by atoms with van der Waals surface area (Å²) >= 11 is 0. The van der Waals surface area contributed by atoms with Crippen LogP contribution in [0.1, 0.15) is 6.92 Å². The fourth-order valence-corrected chi connectivity index (χ4v) is 1.48. The Morgan fingerprint density at radius 3 is 2.70 bits per heavy atom. The van der Waals surface area contributed by atoms with Crippen LogP contribution in [-0.4, -0.2) is 22.1 Å². The Kier molecular flexibility index (Phi) is 4.93. The van der Waals surface area contributed by atoms with Gasteiger partial charge in [0.25, 0.3) is 0 Å². The van der Waals surface area contributed by atoms with Crippen molar-refractivity contribution < 1.29 is 9.53 Å². The second-order valence-corrected chi connectivity index (χ2v) is 3.78. The van der Waals surface area contributed by atoms with E-state index >= 15 is 0 Å². The maximum atomic E-state index is 10.3. The van der Waals surface area contributed by atoms with Gasteiger partial charge < -0.3 is 4.74 Å². The summed E-state index contributed by atoms with van der Waals surface area (Å²) in [5.74, 6) is -0.223. The first kappa shape index (κ1) is 9.43. The van der Waals surface area contributed by atoms with Gasteiger partial charge in [-0.25, -0.2) is 0 Å². The molecule has 0 aromatic carbocycles. The van der Waals surface area contributed by atoms with E-state index in [1.54, 1.807) is 0 Å². The van der Waals surface area contributed by atoms with Crippen LogP contribution in [0.4, 0.5) is 0 Å². The zero-order valence-electron chi connectivity index (χ0n) is 6.64. The summed E-state index contributed by atoms with van der Waals surface area (Å²) in [6, 6.07) is 1.08. The molecule has 58 valence electrons. The maximum Gasteiger partial charge on any atom is 0.302 e. The van der Waals surface area contributed by atoms with Crippen molar-refractivity contribution in [2.45, 2.75) is 19.5 Å². The van der Waals surface area contributed by atoms with Crippen LogP contribution in [0.5, 0.6) is 0 Å². The largest absolute Gasteiger partial charge is 0.461 e. The first-order chi connectivity index (χ1) is 4.66. The molecule has 0 bridgehead atoms. The van der Waals surface area contributed by atoms with Crippen LogP contribution < -0.4 is 0 Å². The maximum absolute atomic E-state index is 10.3. The van der Waals surface area contributed by atoms with E-state index in [2.05, 4.69) is 13.1 Å². The summed E-state index contributed by atoms with van der Waals surface area (Å²) in [6.07, 6.45) is 0. The molecule has 10 heavy (non-hydrogen) atoms. The van der Waals surface area contributed by atoms with E-state index in [4.69, 9.17) is 4.74 Å². The third-order valence-electron chi connectivity index (χ3n) is 1.08. The molecule has 3 heteroatoms. The predicted octanol–water partition coefficient (Wildman–Crippen LogP) is 0.741. The summed E-state index contributed by atoms with van der Waals surface area (Å²) in [4.78, 5) is 10.3. The Morgan fingerprint density at radius 2 is 2.30 bits per heavy atom. The number of carbonyl (C=O) groups is 1. The lowest BCUT2D eigenvalue weighted by atomic mass is 10.4. The van der Waals surface area contributed by atoms with Crippen LogP contribution in [0.15, 0.2) is 12.2 Å². The molecule has 0 rings (SSSR count). The van der Waals surface area contributed by atoms with E-state index in [0.29, 0.717) is 6.61 Å². The van der Waals surface area contributed by atoms with Crippen LogP contribution in [0.3, 0.4) is 0 Å². The smallest absolute Gasteiger partial charge is 0.302 e. The fraction of sp³-hybridized carbons (Fsp3) is 0.571. The highest BCUT2D eigenvalue weighted by Gasteiger charge is 1.95. The first-order valence-electron chi connectivity index (χ1n) is 3.46. The molecule has 0 aliphatic carbocycles. The van der Waals surface area contributed by atoms with Crippen molar-refractivity contribution in [1.82, 2.24) is 0 Å². The van der Waals surface area contributed by atoms with Crippen LogP contribution in [0.25, 0.3) is 0 Å². The molecule has 0 aliphatic rings. The highest BCUT2D eigenvalue weighted by Crippen LogP contribution is 1.97. The van der Waals surface area contributed by atoms with Gasteiger partial charge in [-0.1, -0.05) is 13.1 Å². The molecule has 0 N–H and O–H groups in total. The fourth-order valence-electron chi connectivity index (χ4n) is 0.629. The minimum absolute atomic E-state index is 0.0308. The lowest BCUT2D eigenvalue weighted by Crippen LogP contribution is -2.03. The van der Waals surface area contributed by atoms with E-state index in [-0.39, 0.29) is 15.5 Å². The number of hydrogen-bond donors (Lipinski definition) is 0. The van der Waals surface area contributed by atoms with E-state index < -0.39 is 0 Å². The van der Waals surface area contributed by atoms with Gasteiger partial charge in [0.15, 0.2) is 0 Å². The number of rotatable bonds is 4. The molecule has 0 radical (unpaired) electrons. The molecule has 0 unspecified atom stereocenters. The molecular formula is C7H14O2Si. The quantitative estimate of drug-likeness (QED) is 0.343. The van der Waals surface area contributed by atoms with Gasteiger partial charge in [0.05, 0.1) is 0 Å². The molecule has 0 fully saturated rings. The lowest BCUT2D eigenvalue weighted by Gasteiger charge is -2.02. The van der Waals surface area contributed by atoms with Crippen molar-refractivity contribution in [3.8, 4) is 0 Å². The van der Waals surface area contributed by atoms with Gasteiger partial charge >= 0.3 is 5.97 Å². The predicted molar refractivity (Wildman–Crippen MR) is 45.0 cm³/mol. The molecule has 0 saturated carbocycles. The number of hydrogen-bond acceptors (Lipinski definition) is 2. The van der Waals surface area contributed by atoms with Gasteiger partial charge in [0.1, 0.15) is 6.61 Å². The summed E-state index contributed by atoms with van der Waals surface area (Å²) in [5.41, 5.74) is 1.05. The molecular weight excluding hydrogens is 144 g/mol. The zero-order chi connectivity index (χ0) is 7.98. The highest BCUT2D eigenvalue weighted by molar-refractivity contribution is 6.34. The number of esters is 1. The molecule has 0 saturated heterocycles. The SMILES string of the molecule is C=C(COC(C)=O)C[SiH2]C. The Bertz CT molecular complexity index is 132. The van der Waals surface area contributed by atoms with E-state index in [1.165, 1.54) is 6.92 Å². The normalized spacial score (nSPS) is 10.2. The van der Waals surface area contributed by atoms with Crippen molar-refractivity contribution in [2.24, 2.45) is 0 Å². The molecule has 0 heterocycles. The lowest BCUT2D eigenvalue weighted by molar-refractivity contribution is -0.139. The second-order valence-electron chi connectivity index (χ2n) is 2.28. The standard InChI is InChI=1S/C7H14O2Si/c1-6(5-10-3)4-9-7(2)8/h1,4-5,10H2,2-3H3. The minimum atomic E-state index is -0.223. The minimum Gasteiger partial charge on any atom is -0.461 e. The van der Waals surface area contributed by atoms with Gasteiger partial charge in [-0.2, -0.15) is 0 Å². The van der Waals surface area contributed by atoms with Gasteiger partial charge in [-0.05, 0) is 11.6 Å². The summed E-state index contributed by atoms with van der Waals surface area (Å²) in [7, 11) is 0.0308. The molecule has 0 aromatic heterocycles. The Morgan fingerprint density at radius 1 is 1.70 bits per heavy atom. The van der Waals surface area contributed by atoms with Gasteiger partial charge in [-0.3, -0.25) is 4.79 Å². The van der Waals surface area contributed by atoms with Crippen molar-refractivity contribution in [2.75, 3.05) is 6.61 Å². The molecule has 2 nitrogen and oxygen atoms in total. The summed E-state index contributed by atoms with van der Waals surface area (Å²) < 4.78 is 4.74. The Labute approximate surface area is 64.1 Å². The third kappa shape index (κ3) is 5.56. The van der Waals surface area contributed by atoms with Crippen LogP contribution >= 0.6 is 0 Å². The summed E-state index contributed by atoms with van der Waals surface area (Å²) in [5, 5.41) is 0. The third-order valence-corrected chi connectivity index (χ3v) is 2.29.